The van der Waals surface area contributed by atoms with Gasteiger partial charge in [0.15, 0.2) is 0 Å². The maximum atomic E-state index is 11.3. The van der Waals surface area contributed by atoms with Gasteiger partial charge in [0.2, 0.25) is 0 Å². The summed E-state index contributed by atoms with van der Waals surface area (Å²) in [7, 11) is 0. The molecule has 1 aromatic carbocycles. The van der Waals surface area contributed by atoms with E-state index < -0.39 is 5.91 Å². The van der Waals surface area contributed by atoms with Crippen LogP contribution in [0, 0.1) is 6.92 Å². The highest BCUT2D eigenvalue weighted by Gasteiger charge is 2.08. The van der Waals surface area contributed by atoms with E-state index in [0.29, 0.717) is 23.5 Å². The van der Waals surface area contributed by atoms with E-state index in [1.54, 1.807) is 18.2 Å². The fraction of sp³-hybridized carbons (Fsp3) is 0.154. The van der Waals surface area contributed by atoms with Gasteiger partial charge in [0, 0.05) is 11.4 Å². The fourth-order valence-corrected chi connectivity index (χ4v) is 1.69. The van der Waals surface area contributed by atoms with Crippen LogP contribution in [0.1, 0.15) is 21.9 Å². The number of carbonyl (C=O) groups excluding carboxylic acids is 1. The third kappa shape index (κ3) is 2.63. The molecule has 0 fully saturated rings. The predicted molar refractivity (Wildman–Crippen MR) is 70.1 cm³/mol. The number of rotatable bonds is 4. The van der Waals surface area contributed by atoms with Crippen LogP contribution in [0.5, 0.6) is 0 Å². The molecule has 0 saturated carbocycles. The number of furan rings is 1. The highest BCUT2D eigenvalue weighted by atomic mass is 16.3. The molecule has 0 radical (unpaired) electrons. The summed E-state index contributed by atoms with van der Waals surface area (Å²) in [6.07, 6.45) is 0. The zero-order valence-corrected chi connectivity index (χ0v) is 10.1. The lowest BCUT2D eigenvalue weighted by Crippen LogP contribution is -2.14. The molecule has 1 amide bonds. The van der Waals surface area contributed by atoms with E-state index in [-0.39, 0.29) is 0 Å². The van der Waals surface area contributed by atoms with Gasteiger partial charge in [-0.1, -0.05) is 0 Å². The monoisotopic (exact) mass is 245 g/mol. The van der Waals surface area contributed by atoms with Crippen molar-refractivity contribution in [3.63, 3.8) is 0 Å². The molecule has 2 rings (SSSR count). The van der Waals surface area contributed by atoms with Gasteiger partial charge < -0.3 is 21.2 Å². The zero-order valence-electron chi connectivity index (χ0n) is 10.1. The van der Waals surface area contributed by atoms with Crippen molar-refractivity contribution in [2.45, 2.75) is 13.5 Å². The molecule has 5 nitrogen and oxygen atoms in total. The summed E-state index contributed by atoms with van der Waals surface area (Å²) in [4.78, 5) is 11.3. The maximum absolute atomic E-state index is 11.3. The van der Waals surface area contributed by atoms with Crippen LogP contribution < -0.4 is 16.8 Å². The SMILES string of the molecule is Cc1ccc(CNc2cc(N)ccc2C(N)=O)o1. The molecule has 0 bridgehead atoms. The van der Waals surface area contributed by atoms with Gasteiger partial charge in [0.25, 0.3) is 5.91 Å². The van der Waals surface area contributed by atoms with Crippen molar-refractivity contribution >= 4 is 17.3 Å². The first-order chi connectivity index (χ1) is 8.56. The second-order valence-corrected chi connectivity index (χ2v) is 4.04. The van der Waals surface area contributed by atoms with Crippen LogP contribution in [0.2, 0.25) is 0 Å². The van der Waals surface area contributed by atoms with Gasteiger partial charge in [0.1, 0.15) is 11.5 Å². The van der Waals surface area contributed by atoms with E-state index in [4.69, 9.17) is 15.9 Å². The molecule has 0 unspecified atom stereocenters. The van der Waals surface area contributed by atoms with E-state index in [1.165, 1.54) is 0 Å². The highest BCUT2D eigenvalue weighted by molar-refractivity contribution is 5.99. The summed E-state index contributed by atoms with van der Waals surface area (Å²) < 4.78 is 5.43. The van der Waals surface area contributed by atoms with Gasteiger partial charge in [-0.3, -0.25) is 4.79 Å². The van der Waals surface area contributed by atoms with Crippen LogP contribution in [0.15, 0.2) is 34.7 Å². The van der Waals surface area contributed by atoms with E-state index in [9.17, 15) is 4.79 Å². The summed E-state index contributed by atoms with van der Waals surface area (Å²) in [6.45, 7) is 2.34. The first kappa shape index (κ1) is 12.0. The lowest BCUT2D eigenvalue weighted by molar-refractivity contribution is 0.100. The maximum Gasteiger partial charge on any atom is 0.250 e. The summed E-state index contributed by atoms with van der Waals surface area (Å²) in [5.41, 5.74) is 12.6. The van der Waals surface area contributed by atoms with Crippen LogP contribution in [0.3, 0.4) is 0 Å². The molecular weight excluding hydrogens is 230 g/mol. The van der Waals surface area contributed by atoms with Crippen LogP contribution in [0.25, 0.3) is 0 Å². The predicted octanol–water partition coefficient (Wildman–Crippen LogP) is 1.88. The Morgan fingerprint density at radius 3 is 2.72 bits per heavy atom. The van der Waals surface area contributed by atoms with Crippen LogP contribution >= 0.6 is 0 Å². The van der Waals surface area contributed by atoms with E-state index in [0.717, 1.165) is 11.5 Å². The molecule has 0 saturated heterocycles. The average molecular weight is 245 g/mol. The zero-order chi connectivity index (χ0) is 13.1. The number of carbonyl (C=O) groups is 1. The molecule has 5 N–H and O–H groups in total. The topological polar surface area (TPSA) is 94.3 Å². The molecule has 1 heterocycles. The second-order valence-electron chi connectivity index (χ2n) is 4.04. The number of nitrogen functional groups attached to an aromatic ring is 1. The van der Waals surface area contributed by atoms with Gasteiger partial charge in [-0.05, 0) is 37.3 Å². The van der Waals surface area contributed by atoms with E-state index in [1.807, 2.05) is 19.1 Å². The molecule has 18 heavy (non-hydrogen) atoms. The summed E-state index contributed by atoms with van der Waals surface area (Å²) in [5, 5.41) is 3.09. The van der Waals surface area contributed by atoms with Crippen molar-refractivity contribution in [3.05, 3.63) is 47.4 Å². The Morgan fingerprint density at radius 1 is 1.33 bits per heavy atom. The molecule has 5 heteroatoms. The minimum Gasteiger partial charge on any atom is -0.465 e. The minimum absolute atomic E-state index is 0.410. The van der Waals surface area contributed by atoms with E-state index in [2.05, 4.69) is 5.32 Å². The molecule has 1 aromatic heterocycles. The fourth-order valence-electron chi connectivity index (χ4n) is 1.69. The average Bonchev–Trinajstić information content (AvgIpc) is 2.72. The lowest BCUT2D eigenvalue weighted by atomic mass is 10.1. The third-order valence-corrected chi connectivity index (χ3v) is 2.56. The van der Waals surface area contributed by atoms with Crippen molar-refractivity contribution in [3.8, 4) is 0 Å². The third-order valence-electron chi connectivity index (χ3n) is 2.56. The van der Waals surface area contributed by atoms with Crippen molar-refractivity contribution < 1.29 is 9.21 Å². The van der Waals surface area contributed by atoms with Crippen molar-refractivity contribution in [1.82, 2.24) is 0 Å². The molecule has 0 spiro atoms. The van der Waals surface area contributed by atoms with Crippen molar-refractivity contribution in [1.29, 1.82) is 0 Å². The lowest BCUT2D eigenvalue weighted by Gasteiger charge is -2.09. The van der Waals surface area contributed by atoms with Gasteiger partial charge in [-0.15, -0.1) is 0 Å². The Bertz CT molecular complexity index is 575. The molecule has 0 atom stereocenters. The summed E-state index contributed by atoms with van der Waals surface area (Å²) in [6, 6.07) is 8.68. The number of nitrogens with one attached hydrogen (secondary N) is 1. The van der Waals surface area contributed by atoms with Crippen LogP contribution in [-0.2, 0) is 6.54 Å². The number of hydrogen-bond donors (Lipinski definition) is 3. The van der Waals surface area contributed by atoms with Gasteiger partial charge in [0.05, 0.1) is 12.1 Å². The molecule has 0 aliphatic rings. The Labute approximate surface area is 105 Å². The summed E-state index contributed by atoms with van der Waals surface area (Å²) in [5.74, 6) is 1.13. The number of anilines is 2. The molecule has 94 valence electrons. The number of nitrogens with two attached hydrogens (primary N) is 2. The van der Waals surface area contributed by atoms with Crippen molar-refractivity contribution in [2.24, 2.45) is 5.73 Å². The van der Waals surface area contributed by atoms with Crippen molar-refractivity contribution in [2.75, 3.05) is 11.1 Å². The standard InChI is InChI=1S/C13H15N3O2/c1-8-2-4-10(18-8)7-16-12-6-9(14)3-5-11(12)13(15)17/h2-6,16H,7,14H2,1H3,(H2,15,17). The Kier molecular flexibility index (Phi) is 3.23. The normalized spacial score (nSPS) is 10.3. The summed E-state index contributed by atoms with van der Waals surface area (Å²) >= 11 is 0. The Morgan fingerprint density at radius 2 is 2.11 bits per heavy atom. The number of hydrogen-bond acceptors (Lipinski definition) is 4. The molecule has 2 aromatic rings. The van der Waals surface area contributed by atoms with Gasteiger partial charge in [-0.25, -0.2) is 0 Å². The first-order valence-electron chi connectivity index (χ1n) is 5.55. The van der Waals surface area contributed by atoms with E-state index >= 15 is 0 Å². The number of benzene rings is 1. The molecule has 0 aliphatic carbocycles. The molecule has 0 aliphatic heterocycles. The smallest absolute Gasteiger partial charge is 0.250 e. The quantitative estimate of drug-likeness (QED) is 0.717. The number of aryl methyl sites for hydroxylation is 1. The molecular formula is C13H15N3O2. The first-order valence-corrected chi connectivity index (χ1v) is 5.55. The van der Waals surface area contributed by atoms with Gasteiger partial charge in [-0.2, -0.15) is 0 Å². The van der Waals surface area contributed by atoms with Gasteiger partial charge >= 0.3 is 0 Å². The van der Waals surface area contributed by atoms with Crippen LogP contribution in [0.4, 0.5) is 11.4 Å². The second kappa shape index (κ2) is 4.83. The minimum atomic E-state index is -0.492. The number of primary amides is 1. The largest absolute Gasteiger partial charge is 0.465 e. The Balaban J connectivity index is 2.17. The highest BCUT2D eigenvalue weighted by Crippen LogP contribution is 2.20. The Hall–Kier alpha value is -2.43. The van der Waals surface area contributed by atoms with Crippen LogP contribution in [-0.4, -0.2) is 5.91 Å². The number of amides is 1.